The van der Waals surface area contributed by atoms with Crippen LogP contribution in [0.2, 0.25) is 19.6 Å². The fraction of sp³-hybridized carbons (Fsp3) is 0.364. The van der Waals surface area contributed by atoms with Crippen LogP contribution in [-0.2, 0) is 11.2 Å². The largest absolute Gasteiger partial charge is 0.544 e. The molecule has 88 valence electrons. The summed E-state index contributed by atoms with van der Waals surface area (Å²) in [5.74, 6) is -0.0955. The molecule has 0 aromatic heterocycles. The van der Waals surface area contributed by atoms with Gasteiger partial charge in [-0.25, -0.2) is 0 Å². The number of carbonyl (C=O) groups is 1. The summed E-state index contributed by atoms with van der Waals surface area (Å²) in [4.78, 5) is 10.6. The van der Waals surface area contributed by atoms with Gasteiger partial charge in [-0.3, -0.25) is 4.79 Å². The number of carboxylic acid groups (broad SMARTS) is 1. The summed E-state index contributed by atoms with van der Waals surface area (Å²) in [7, 11) is -1.65. The first-order valence-electron chi connectivity index (χ1n) is 4.96. The smallest absolute Gasteiger partial charge is 0.307 e. The minimum atomic E-state index is -1.65. The zero-order chi connectivity index (χ0) is 12.3. The summed E-state index contributed by atoms with van der Waals surface area (Å²) in [5, 5.41) is 8.73. The van der Waals surface area contributed by atoms with Crippen LogP contribution in [0, 0.1) is 0 Å². The van der Waals surface area contributed by atoms with Crippen molar-refractivity contribution in [2.75, 3.05) is 0 Å². The Bertz CT molecular complexity index is 399. The third-order valence-electron chi connectivity index (χ3n) is 1.71. The van der Waals surface area contributed by atoms with Gasteiger partial charge in [0.15, 0.2) is 0 Å². The average molecular weight is 303 g/mol. The zero-order valence-corrected chi connectivity index (χ0v) is 12.2. The Morgan fingerprint density at radius 1 is 1.38 bits per heavy atom. The van der Waals surface area contributed by atoms with E-state index in [2.05, 4.69) is 35.6 Å². The number of hydrogen-bond donors (Lipinski definition) is 1. The van der Waals surface area contributed by atoms with Crippen molar-refractivity contribution in [3.05, 3.63) is 28.2 Å². The molecule has 0 atom stereocenters. The number of benzene rings is 1. The molecule has 3 nitrogen and oxygen atoms in total. The molecule has 0 fully saturated rings. The Kier molecular flexibility index (Phi) is 4.15. The third-order valence-corrected chi connectivity index (χ3v) is 3.02. The molecule has 0 unspecified atom stereocenters. The number of aliphatic carboxylic acids is 1. The van der Waals surface area contributed by atoms with Crippen molar-refractivity contribution in [2.24, 2.45) is 0 Å². The lowest BCUT2D eigenvalue weighted by atomic mass is 10.1. The van der Waals surface area contributed by atoms with E-state index in [1.54, 1.807) is 12.1 Å². The summed E-state index contributed by atoms with van der Waals surface area (Å²) in [5.41, 5.74) is 0.745. The second-order valence-electron chi connectivity index (χ2n) is 4.58. The van der Waals surface area contributed by atoms with Crippen molar-refractivity contribution in [3.8, 4) is 5.75 Å². The molecule has 0 bridgehead atoms. The molecular formula is C11H15BrO3Si. The van der Waals surface area contributed by atoms with Crippen LogP contribution in [0.1, 0.15) is 5.56 Å². The first-order valence-corrected chi connectivity index (χ1v) is 9.17. The average Bonchev–Trinajstić information content (AvgIpc) is 1.96. The predicted octanol–water partition coefficient (Wildman–Crippen LogP) is 3.29. The van der Waals surface area contributed by atoms with E-state index in [-0.39, 0.29) is 6.42 Å². The molecule has 0 saturated heterocycles. The van der Waals surface area contributed by atoms with E-state index in [4.69, 9.17) is 9.53 Å². The minimum absolute atomic E-state index is 0.0154. The van der Waals surface area contributed by atoms with Gasteiger partial charge in [0, 0.05) is 4.47 Å². The van der Waals surface area contributed by atoms with Crippen molar-refractivity contribution in [2.45, 2.75) is 26.1 Å². The van der Waals surface area contributed by atoms with E-state index >= 15 is 0 Å². The summed E-state index contributed by atoms with van der Waals surface area (Å²) in [6.07, 6.45) is 0.0154. The van der Waals surface area contributed by atoms with Crippen molar-refractivity contribution in [1.82, 2.24) is 0 Å². The Morgan fingerprint density at radius 2 is 2.00 bits per heavy atom. The van der Waals surface area contributed by atoms with Crippen molar-refractivity contribution < 1.29 is 14.3 Å². The minimum Gasteiger partial charge on any atom is -0.544 e. The second-order valence-corrected chi connectivity index (χ2v) is 9.92. The molecule has 0 heterocycles. The van der Waals surface area contributed by atoms with Crippen LogP contribution in [0.5, 0.6) is 5.75 Å². The molecule has 16 heavy (non-hydrogen) atoms. The summed E-state index contributed by atoms with van der Waals surface area (Å²) < 4.78 is 6.67. The predicted molar refractivity (Wildman–Crippen MR) is 69.5 cm³/mol. The van der Waals surface area contributed by atoms with Gasteiger partial charge < -0.3 is 9.53 Å². The number of carboxylic acids is 1. The summed E-state index contributed by atoms with van der Waals surface area (Å²) in [6, 6.07) is 5.45. The fourth-order valence-electron chi connectivity index (χ4n) is 1.31. The highest BCUT2D eigenvalue weighted by atomic mass is 79.9. The van der Waals surface area contributed by atoms with E-state index in [1.165, 1.54) is 0 Å². The maximum atomic E-state index is 10.6. The molecule has 0 aliphatic heterocycles. The zero-order valence-electron chi connectivity index (χ0n) is 9.58. The van der Waals surface area contributed by atoms with Gasteiger partial charge in [0.05, 0.1) is 6.42 Å². The van der Waals surface area contributed by atoms with E-state index in [0.29, 0.717) is 0 Å². The van der Waals surface area contributed by atoms with Gasteiger partial charge in [0.2, 0.25) is 8.32 Å². The molecule has 1 rings (SSSR count). The van der Waals surface area contributed by atoms with Crippen LogP contribution in [0.4, 0.5) is 0 Å². The molecule has 1 aromatic carbocycles. The van der Waals surface area contributed by atoms with Crippen LogP contribution in [0.25, 0.3) is 0 Å². The fourth-order valence-corrected chi connectivity index (χ4v) is 2.65. The molecule has 0 aliphatic carbocycles. The van der Waals surface area contributed by atoms with Gasteiger partial charge in [-0.2, -0.15) is 0 Å². The van der Waals surface area contributed by atoms with E-state index < -0.39 is 14.3 Å². The van der Waals surface area contributed by atoms with Crippen molar-refractivity contribution in [3.63, 3.8) is 0 Å². The molecule has 0 spiro atoms. The lowest BCUT2D eigenvalue weighted by Crippen LogP contribution is -2.29. The maximum absolute atomic E-state index is 10.6. The lowest BCUT2D eigenvalue weighted by Gasteiger charge is -2.19. The van der Waals surface area contributed by atoms with Crippen molar-refractivity contribution >= 4 is 30.2 Å². The maximum Gasteiger partial charge on any atom is 0.307 e. The van der Waals surface area contributed by atoms with Gasteiger partial charge >= 0.3 is 5.97 Å². The topological polar surface area (TPSA) is 46.5 Å². The normalized spacial score (nSPS) is 11.2. The van der Waals surface area contributed by atoms with E-state index in [1.807, 2.05) is 6.07 Å². The van der Waals surface area contributed by atoms with Crippen LogP contribution in [0.15, 0.2) is 22.7 Å². The Morgan fingerprint density at radius 3 is 2.50 bits per heavy atom. The standard InChI is InChI=1S/C11H15BrO3Si/c1-16(2,3)15-10-5-8(6-11(13)14)4-9(12)7-10/h4-5,7H,6H2,1-3H3,(H,13,14). The van der Waals surface area contributed by atoms with Gasteiger partial charge in [0.1, 0.15) is 5.75 Å². The molecule has 0 saturated carbocycles. The molecule has 1 N–H and O–H groups in total. The second kappa shape index (κ2) is 5.01. The quantitative estimate of drug-likeness (QED) is 0.868. The number of hydrogen-bond acceptors (Lipinski definition) is 2. The summed E-state index contributed by atoms with van der Waals surface area (Å²) in [6.45, 7) is 6.26. The number of halogens is 1. The van der Waals surface area contributed by atoms with E-state index in [9.17, 15) is 4.79 Å². The van der Waals surface area contributed by atoms with Crippen molar-refractivity contribution in [1.29, 1.82) is 0 Å². The Labute approximate surface area is 105 Å². The van der Waals surface area contributed by atoms with Gasteiger partial charge in [-0.05, 0) is 43.4 Å². The number of rotatable bonds is 4. The lowest BCUT2D eigenvalue weighted by molar-refractivity contribution is -0.136. The molecule has 0 amide bonds. The first kappa shape index (κ1) is 13.3. The van der Waals surface area contributed by atoms with Gasteiger partial charge in [-0.1, -0.05) is 15.9 Å². The molecule has 0 aliphatic rings. The van der Waals surface area contributed by atoms with Gasteiger partial charge in [0.25, 0.3) is 0 Å². The first-order chi connectivity index (χ1) is 7.26. The van der Waals surface area contributed by atoms with Crippen LogP contribution in [-0.4, -0.2) is 19.4 Å². The van der Waals surface area contributed by atoms with Crippen LogP contribution < -0.4 is 4.43 Å². The van der Waals surface area contributed by atoms with E-state index in [0.717, 1.165) is 15.8 Å². The van der Waals surface area contributed by atoms with Gasteiger partial charge in [-0.15, -0.1) is 0 Å². The third kappa shape index (κ3) is 4.81. The Hall–Kier alpha value is -0.813. The SMILES string of the molecule is C[Si](C)(C)Oc1cc(Br)cc(CC(=O)O)c1. The van der Waals surface area contributed by atoms with Crippen LogP contribution >= 0.6 is 15.9 Å². The molecule has 5 heteroatoms. The molecule has 0 radical (unpaired) electrons. The highest BCUT2D eigenvalue weighted by Crippen LogP contribution is 2.24. The van der Waals surface area contributed by atoms with Crippen LogP contribution in [0.3, 0.4) is 0 Å². The molecule has 1 aromatic rings. The summed E-state index contributed by atoms with van der Waals surface area (Å²) >= 11 is 3.35. The Balaban J connectivity index is 2.94. The molecular weight excluding hydrogens is 288 g/mol. The highest BCUT2D eigenvalue weighted by molar-refractivity contribution is 9.10. The highest BCUT2D eigenvalue weighted by Gasteiger charge is 2.17. The monoisotopic (exact) mass is 302 g/mol.